The molecule has 2 bridgehead atoms. The molecule has 4 heterocycles. The van der Waals surface area contributed by atoms with Gasteiger partial charge in [-0.3, -0.25) is 4.98 Å². The Bertz CT molecular complexity index is 1160. The van der Waals surface area contributed by atoms with E-state index in [9.17, 15) is 13.9 Å². The van der Waals surface area contributed by atoms with Gasteiger partial charge in [-0.2, -0.15) is 5.10 Å². The third kappa shape index (κ3) is 4.06. The standard InChI is InChI=1S/C23H24F2N6O2/c1-31(16-7-15-9-23(24,25)20(8-16)29-15)21-12-26-18(11-27-21)17-4-3-13(5-19(17)32)14-6-22(33-2)30-28-10-14/h3-6,10-12,15-16,20,29,32H,7-9H2,1-2H3/t15-,16+,20+/m0/s1. The van der Waals surface area contributed by atoms with Gasteiger partial charge in [0.25, 0.3) is 5.92 Å². The number of piperidine rings is 1. The fourth-order valence-electron chi connectivity index (χ4n) is 4.70. The van der Waals surface area contributed by atoms with E-state index in [0.717, 1.165) is 11.1 Å². The molecule has 2 aliphatic rings. The average molecular weight is 454 g/mol. The quantitative estimate of drug-likeness (QED) is 0.607. The smallest absolute Gasteiger partial charge is 0.264 e. The number of phenolic OH excluding ortho intramolecular Hbond substituents is 1. The predicted molar refractivity (Wildman–Crippen MR) is 118 cm³/mol. The second-order valence-corrected chi connectivity index (χ2v) is 8.60. The van der Waals surface area contributed by atoms with Crippen molar-refractivity contribution in [2.24, 2.45) is 0 Å². The van der Waals surface area contributed by atoms with Crippen molar-refractivity contribution >= 4 is 5.82 Å². The molecule has 8 nitrogen and oxygen atoms in total. The first-order chi connectivity index (χ1) is 15.8. The van der Waals surface area contributed by atoms with Gasteiger partial charge >= 0.3 is 0 Å². The van der Waals surface area contributed by atoms with Crippen LogP contribution in [0, 0.1) is 0 Å². The largest absolute Gasteiger partial charge is 0.507 e. The van der Waals surface area contributed by atoms with Crippen LogP contribution in [0.1, 0.15) is 19.3 Å². The summed E-state index contributed by atoms with van der Waals surface area (Å²) in [5.41, 5.74) is 2.56. The first-order valence-corrected chi connectivity index (χ1v) is 10.7. The molecular formula is C23H24F2N6O2. The minimum Gasteiger partial charge on any atom is -0.507 e. The molecule has 0 spiro atoms. The van der Waals surface area contributed by atoms with Crippen molar-refractivity contribution < 1.29 is 18.6 Å². The highest BCUT2D eigenvalue weighted by molar-refractivity contribution is 5.74. The third-order valence-electron chi connectivity index (χ3n) is 6.53. The molecule has 33 heavy (non-hydrogen) atoms. The number of hydrogen-bond acceptors (Lipinski definition) is 8. The van der Waals surface area contributed by atoms with Crippen LogP contribution in [0.2, 0.25) is 0 Å². The summed E-state index contributed by atoms with van der Waals surface area (Å²) in [6.45, 7) is 0. The van der Waals surface area contributed by atoms with Crippen LogP contribution in [0.4, 0.5) is 14.6 Å². The van der Waals surface area contributed by atoms with Crippen molar-refractivity contribution in [1.29, 1.82) is 0 Å². The van der Waals surface area contributed by atoms with E-state index < -0.39 is 12.0 Å². The van der Waals surface area contributed by atoms with Gasteiger partial charge < -0.3 is 20.1 Å². The van der Waals surface area contributed by atoms with Gasteiger partial charge in [-0.15, -0.1) is 5.10 Å². The van der Waals surface area contributed by atoms with Crippen molar-refractivity contribution in [2.75, 3.05) is 19.1 Å². The molecular weight excluding hydrogens is 430 g/mol. The van der Waals surface area contributed by atoms with Crippen LogP contribution in [-0.4, -0.2) is 63.5 Å². The summed E-state index contributed by atoms with van der Waals surface area (Å²) in [5.74, 6) is -1.61. The first-order valence-electron chi connectivity index (χ1n) is 10.7. The Morgan fingerprint density at radius 2 is 1.97 bits per heavy atom. The molecule has 5 rings (SSSR count). The summed E-state index contributed by atoms with van der Waals surface area (Å²) in [5, 5.41) is 21.4. The molecule has 2 saturated heterocycles. The van der Waals surface area contributed by atoms with Crippen LogP contribution in [0.3, 0.4) is 0 Å². The summed E-state index contributed by atoms with van der Waals surface area (Å²) in [6, 6.07) is 5.96. The Labute approximate surface area is 189 Å². The molecule has 0 amide bonds. The van der Waals surface area contributed by atoms with Crippen LogP contribution >= 0.6 is 0 Å². The van der Waals surface area contributed by atoms with Crippen LogP contribution in [0.25, 0.3) is 22.4 Å². The SMILES string of the molecule is COc1cc(-c2ccc(-c3cnc(N(C)[C@@H]4C[C@H]5CC(F)(F)[C@@H](C4)N5)cn3)c(O)c2)cnn1. The number of hydrogen-bond donors (Lipinski definition) is 2. The Kier molecular flexibility index (Phi) is 5.32. The van der Waals surface area contributed by atoms with Crippen LogP contribution in [-0.2, 0) is 0 Å². The molecule has 2 aliphatic heterocycles. The molecule has 1 aromatic carbocycles. The van der Waals surface area contributed by atoms with Gasteiger partial charge in [-0.05, 0) is 30.5 Å². The molecule has 0 radical (unpaired) electrons. The Hall–Kier alpha value is -3.40. The van der Waals surface area contributed by atoms with E-state index >= 15 is 0 Å². The second-order valence-electron chi connectivity index (χ2n) is 8.60. The topological polar surface area (TPSA) is 96.3 Å². The van der Waals surface area contributed by atoms with Crippen molar-refractivity contribution in [3.8, 4) is 34.0 Å². The molecule has 0 saturated carbocycles. The molecule has 10 heteroatoms. The van der Waals surface area contributed by atoms with Gasteiger partial charge in [-0.25, -0.2) is 13.8 Å². The lowest BCUT2D eigenvalue weighted by molar-refractivity contribution is -0.0128. The van der Waals surface area contributed by atoms with E-state index in [1.54, 1.807) is 36.8 Å². The fourth-order valence-corrected chi connectivity index (χ4v) is 4.70. The van der Waals surface area contributed by atoms with Gasteiger partial charge in [0.05, 0.1) is 37.4 Å². The maximum Gasteiger partial charge on any atom is 0.264 e. The molecule has 3 aromatic rings. The maximum absolute atomic E-state index is 14.0. The number of aromatic hydroxyl groups is 1. The lowest BCUT2D eigenvalue weighted by Gasteiger charge is -2.36. The van der Waals surface area contributed by atoms with Crippen molar-refractivity contribution in [3.05, 3.63) is 42.9 Å². The van der Waals surface area contributed by atoms with E-state index in [-0.39, 0.29) is 24.3 Å². The normalized spacial score (nSPS) is 23.3. The molecule has 0 unspecified atom stereocenters. The number of phenols is 1. The highest BCUT2D eigenvalue weighted by Gasteiger charge is 2.53. The summed E-state index contributed by atoms with van der Waals surface area (Å²) in [4.78, 5) is 10.9. The number of rotatable bonds is 5. The number of nitrogens with zero attached hydrogens (tertiary/aromatic N) is 5. The van der Waals surface area contributed by atoms with Crippen molar-refractivity contribution in [1.82, 2.24) is 25.5 Å². The number of anilines is 1. The van der Waals surface area contributed by atoms with Gasteiger partial charge in [0.15, 0.2) is 0 Å². The molecule has 2 fully saturated rings. The van der Waals surface area contributed by atoms with E-state index in [4.69, 9.17) is 4.74 Å². The second kappa shape index (κ2) is 8.18. The Balaban J connectivity index is 1.33. The number of halogens is 2. The zero-order chi connectivity index (χ0) is 23.2. The molecule has 172 valence electrons. The number of alkyl halides is 2. The maximum atomic E-state index is 14.0. The van der Waals surface area contributed by atoms with E-state index in [0.29, 0.717) is 35.8 Å². The molecule has 3 atom stereocenters. The van der Waals surface area contributed by atoms with Crippen molar-refractivity contribution in [3.63, 3.8) is 0 Å². The van der Waals surface area contributed by atoms with E-state index in [1.807, 2.05) is 18.0 Å². The van der Waals surface area contributed by atoms with Crippen molar-refractivity contribution in [2.45, 2.75) is 43.3 Å². The number of aromatic nitrogens is 4. The zero-order valence-corrected chi connectivity index (χ0v) is 18.2. The molecule has 2 aromatic heterocycles. The summed E-state index contributed by atoms with van der Waals surface area (Å²) < 4.78 is 33.2. The highest BCUT2D eigenvalue weighted by atomic mass is 19.3. The summed E-state index contributed by atoms with van der Waals surface area (Å²) >= 11 is 0. The van der Waals surface area contributed by atoms with E-state index in [2.05, 4.69) is 25.5 Å². The predicted octanol–water partition coefficient (Wildman–Crippen LogP) is 3.28. The third-order valence-corrected chi connectivity index (χ3v) is 6.53. The minimum atomic E-state index is -2.66. The number of methoxy groups -OCH3 is 1. The van der Waals surface area contributed by atoms with Crippen LogP contribution in [0.15, 0.2) is 42.9 Å². The highest BCUT2D eigenvalue weighted by Crippen LogP contribution is 2.41. The van der Waals surface area contributed by atoms with Crippen LogP contribution < -0.4 is 15.0 Å². The average Bonchev–Trinajstić information content (AvgIpc) is 3.04. The summed E-state index contributed by atoms with van der Waals surface area (Å²) in [6.07, 6.45) is 5.68. The van der Waals surface area contributed by atoms with E-state index in [1.165, 1.54) is 7.11 Å². The van der Waals surface area contributed by atoms with Crippen LogP contribution in [0.5, 0.6) is 11.6 Å². The lowest BCUT2D eigenvalue weighted by atomic mass is 9.98. The number of ether oxygens (including phenoxy) is 1. The Morgan fingerprint density at radius 1 is 1.12 bits per heavy atom. The fraction of sp³-hybridized carbons (Fsp3) is 0.391. The lowest BCUT2D eigenvalue weighted by Crippen LogP contribution is -2.49. The summed E-state index contributed by atoms with van der Waals surface area (Å²) in [7, 11) is 3.37. The van der Waals surface area contributed by atoms with Gasteiger partial charge in [0.2, 0.25) is 5.88 Å². The number of fused-ring (bicyclic) bond motifs is 2. The Morgan fingerprint density at radius 3 is 2.67 bits per heavy atom. The molecule has 0 aliphatic carbocycles. The molecule has 2 N–H and O–H groups in total. The number of nitrogens with one attached hydrogen (secondary N) is 1. The zero-order valence-electron chi connectivity index (χ0n) is 18.2. The van der Waals surface area contributed by atoms with Gasteiger partial charge in [0.1, 0.15) is 11.6 Å². The monoisotopic (exact) mass is 454 g/mol. The van der Waals surface area contributed by atoms with Gasteiger partial charge in [-0.1, -0.05) is 6.07 Å². The minimum absolute atomic E-state index is 0.0339. The number of benzene rings is 1. The van der Waals surface area contributed by atoms with Gasteiger partial charge in [0, 0.05) is 42.7 Å². The first kappa shape index (κ1) is 21.4.